The number of aliphatic imine (C=N–C) groups is 1. The number of rotatable bonds is 11. The zero-order valence-electron chi connectivity index (χ0n) is 14.8. The summed E-state index contributed by atoms with van der Waals surface area (Å²) in [6.45, 7) is 5.85. The summed E-state index contributed by atoms with van der Waals surface area (Å²) < 4.78 is 10.7. The first-order valence-corrected chi connectivity index (χ1v) is 9.41. The van der Waals surface area contributed by atoms with E-state index in [9.17, 15) is 0 Å². The normalized spacial score (nSPS) is 10.9. The lowest BCUT2D eigenvalue weighted by Gasteiger charge is -2.11. The molecule has 0 aliphatic rings. The molecule has 0 saturated carbocycles. The molecule has 5 nitrogen and oxygen atoms in total. The van der Waals surface area contributed by atoms with Crippen molar-refractivity contribution in [2.24, 2.45) is 4.99 Å². The fraction of sp³-hybridized carbons (Fsp3) is 0.588. The standard InChI is InChI=1S/C17H29N3O2S.HI/c1-4-18-17(19-9-12-23-3)20-14-15-7-5-8-16(13-15)22-11-6-10-21-2;/h5,7-8,13H,4,6,9-12,14H2,1-3H3,(H2,18,19,20);1H. The van der Waals surface area contributed by atoms with Gasteiger partial charge < -0.3 is 20.1 Å². The largest absolute Gasteiger partial charge is 0.493 e. The molecular weight excluding hydrogens is 437 g/mol. The molecule has 1 aromatic rings. The summed E-state index contributed by atoms with van der Waals surface area (Å²) >= 11 is 1.82. The van der Waals surface area contributed by atoms with Gasteiger partial charge in [0.15, 0.2) is 5.96 Å². The minimum absolute atomic E-state index is 0. The van der Waals surface area contributed by atoms with Gasteiger partial charge in [-0.05, 0) is 30.9 Å². The maximum atomic E-state index is 5.72. The highest BCUT2D eigenvalue weighted by Crippen LogP contribution is 2.14. The molecule has 7 heteroatoms. The van der Waals surface area contributed by atoms with Crippen molar-refractivity contribution < 1.29 is 9.47 Å². The van der Waals surface area contributed by atoms with Crippen LogP contribution in [0.4, 0.5) is 0 Å². The molecule has 0 fully saturated rings. The lowest BCUT2D eigenvalue weighted by Crippen LogP contribution is -2.38. The molecule has 0 bridgehead atoms. The summed E-state index contributed by atoms with van der Waals surface area (Å²) in [5.41, 5.74) is 1.14. The Labute approximate surface area is 167 Å². The van der Waals surface area contributed by atoms with Gasteiger partial charge in [0, 0.05) is 39.0 Å². The van der Waals surface area contributed by atoms with Crippen molar-refractivity contribution in [1.82, 2.24) is 10.6 Å². The molecule has 138 valence electrons. The molecule has 0 heterocycles. The number of thioether (sulfide) groups is 1. The minimum Gasteiger partial charge on any atom is -0.493 e. The minimum atomic E-state index is 0. The van der Waals surface area contributed by atoms with E-state index in [1.54, 1.807) is 7.11 Å². The van der Waals surface area contributed by atoms with Crippen LogP contribution in [-0.4, -0.2) is 51.4 Å². The highest BCUT2D eigenvalue weighted by molar-refractivity contribution is 14.0. The van der Waals surface area contributed by atoms with Crippen LogP contribution in [0.1, 0.15) is 18.9 Å². The zero-order chi connectivity index (χ0) is 16.8. The molecule has 0 aromatic heterocycles. The van der Waals surface area contributed by atoms with E-state index in [0.717, 1.165) is 49.1 Å². The Morgan fingerprint density at radius 3 is 2.79 bits per heavy atom. The Hall–Kier alpha value is -0.670. The quantitative estimate of drug-likeness (QED) is 0.227. The molecule has 2 N–H and O–H groups in total. The van der Waals surface area contributed by atoms with Crippen molar-refractivity contribution in [3.05, 3.63) is 29.8 Å². The molecule has 0 unspecified atom stereocenters. The van der Waals surface area contributed by atoms with Gasteiger partial charge >= 0.3 is 0 Å². The predicted molar refractivity (Wildman–Crippen MR) is 115 cm³/mol. The third-order valence-corrected chi connectivity index (χ3v) is 3.63. The number of halogens is 1. The van der Waals surface area contributed by atoms with Crippen molar-refractivity contribution in [3.63, 3.8) is 0 Å². The first kappa shape index (κ1) is 23.3. The van der Waals surface area contributed by atoms with Crippen molar-refractivity contribution in [3.8, 4) is 5.75 Å². The number of benzene rings is 1. The van der Waals surface area contributed by atoms with Crippen molar-refractivity contribution in [1.29, 1.82) is 0 Å². The number of methoxy groups -OCH3 is 1. The van der Waals surface area contributed by atoms with Crippen molar-refractivity contribution >= 4 is 41.7 Å². The molecule has 0 atom stereocenters. The molecule has 0 radical (unpaired) electrons. The fourth-order valence-electron chi connectivity index (χ4n) is 1.91. The van der Waals surface area contributed by atoms with Gasteiger partial charge in [-0.1, -0.05) is 12.1 Å². The summed E-state index contributed by atoms with van der Waals surface area (Å²) in [4.78, 5) is 4.62. The smallest absolute Gasteiger partial charge is 0.191 e. The van der Waals surface area contributed by atoms with Gasteiger partial charge in [0.1, 0.15) is 5.75 Å². The number of nitrogens with zero attached hydrogens (tertiary/aromatic N) is 1. The summed E-state index contributed by atoms with van der Waals surface area (Å²) in [6.07, 6.45) is 2.99. The second-order valence-electron chi connectivity index (χ2n) is 4.96. The van der Waals surface area contributed by atoms with E-state index in [1.165, 1.54) is 0 Å². The second kappa shape index (κ2) is 15.8. The third kappa shape index (κ3) is 11.0. The molecule has 0 saturated heterocycles. The molecule has 0 aliphatic heterocycles. The Morgan fingerprint density at radius 1 is 1.25 bits per heavy atom. The first-order valence-electron chi connectivity index (χ1n) is 8.02. The number of hydrogen-bond donors (Lipinski definition) is 2. The van der Waals surface area contributed by atoms with Gasteiger partial charge in [-0.2, -0.15) is 11.8 Å². The van der Waals surface area contributed by atoms with E-state index >= 15 is 0 Å². The summed E-state index contributed by atoms with van der Waals surface area (Å²) in [5, 5.41) is 6.59. The second-order valence-corrected chi connectivity index (χ2v) is 5.94. The van der Waals surface area contributed by atoms with Crippen molar-refractivity contribution in [2.45, 2.75) is 19.9 Å². The van der Waals surface area contributed by atoms with Crippen LogP contribution in [0.25, 0.3) is 0 Å². The average Bonchev–Trinajstić information content (AvgIpc) is 2.57. The number of guanidine groups is 1. The maximum absolute atomic E-state index is 5.72. The van der Waals surface area contributed by atoms with E-state index in [2.05, 4.69) is 34.9 Å². The van der Waals surface area contributed by atoms with Gasteiger partial charge in [-0.25, -0.2) is 4.99 Å². The average molecular weight is 467 g/mol. The van der Waals surface area contributed by atoms with Gasteiger partial charge in [0.25, 0.3) is 0 Å². The molecule has 1 rings (SSSR count). The molecule has 1 aromatic carbocycles. The molecule has 0 aliphatic carbocycles. The highest BCUT2D eigenvalue weighted by Gasteiger charge is 1.99. The molecule has 0 amide bonds. The van der Waals surface area contributed by atoms with Crippen LogP contribution in [0, 0.1) is 0 Å². The lowest BCUT2D eigenvalue weighted by atomic mass is 10.2. The molecular formula is C17H30IN3O2S. The van der Waals surface area contributed by atoms with E-state index in [1.807, 2.05) is 30.0 Å². The van der Waals surface area contributed by atoms with Crippen LogP contribution in [0.3, 0.4) is 0 Å². The summed E-state index contributed by atoms with van der Waals surface area (Å²) in [5.74, 6) is 2.80. The topological polar surface area (TPSA) is 54.9 Å². The monoisotopic (exact) mass is 467 g/mol. The van der Waals surface area contributed by atoms with Crippen LogP contribution in [-0.2, 0) is 11.3 Å². The van der Waals surface area contributed by atoms with Crippen LogP contribution >= 0.6 is 35.7 Å². The van der Waals surface area contributed by atoms with Gasteiger partial charge in [0.05, 0.1) is 13.2 Å². The Bertz CT molecular complexity index is 461. The first-order chi connectivity index (χ1) is 11.3. The molecule has 24 heavy (non-hydrogen) atoms. The van der Waals surface area contributed by atoms with E-state index in [0.29, 0.717) is 13.2 Å². The van der Waals surface area contributed by atoms with Crippen LogP contribution in [0.2, 0.25) is 0 Å². The van der Waals surface area contributed by atoms with Gasteiger partial charge in [-0.3, -0.25) is 0 Å². The van der Waals surface area contributed by atoms with Crippen LogP contribution in [0.5, 0.6) is 5.75 Å². The Kier molecular flexibility index (Phi) is 15.4. The van der Waals surface area contributed by atoms with Gasteiger partial charge in [0.2, 0.25) is 0 Å². The highest BCUT2D eigenvalue weighted by atomic mass is 127. The van der Waals surface area contributed by atoms with Crippen LogP contribution in [0.15, 0.2) is 29.3 Å². The number of nitrogens with one attached hydrogen (secondary N) is 2. The molecule has 0 spiro atoms. The van der Waals surface area contributed by atoms with Crippen molar-refractivity contribution in [2.75, 3.05) is 45.4 Å². The number of hydrogen-bond acceptors (Lipinski definition) is 4. The number of ether oxygens (including phenoxy) is 2. The summed E-state index contributed by atoms with van der Waals surface area (Å²) in [6, 6.07) is 8.09. The van der Waals surface area contributed by atoms with E-state index in [-0.39, 0.29) is 24.0 Å². The Balaban J connectivity index is 0.00000529. The third-order valence-electron chi connectivity index (χ3n) is 3.02. The zero-order valence-corrected chi connectivity index (χ0v) is 18.0. The fourth-order valence-corrected chi connectivity index (χ4v) is 2.22. The SMILES string of the molecule is CCNC(=NCc1cccc(OCCCOC)c1)NCCSC.I. The van der Waals surface area contributed by atoms with E-state index < -0.39 is 0 Å². The van der Waals surface area contributed by atoms with Gasteiger partial charge in [-0.15, -0.1) is 24.0 Å². The van der Waals surface area contributed by atoms with E-state index in [4.69, 9.17) is 9.47 Å². The van der Waals surface area contributed by atoms with Crippen LogP contribution < -0.4 is 15.4 Å². The predicted octanol–water partition coefficient (Wildman–Crippen LogP) is 3.14. The maximum Gasteiger partial charge on any atom is 0.191 e. The summed E-state index contributed by atoms with van der Waals surface area (Å²) in [7, 11) is 1.70. The Morgan fingerprint density at radius 2 is 2.08 bits per heavy atom. The lowest BCUT2D eigenvalue weighted by molar-refractivity contribution is 0.172.